The maximum atomic E-state index is 13.2. The fourth-order valence-electron chi connectivity index (χ4n) is 4.28. The Balaban J connectivity index is 2.16. The summed E-state index contributed by atoms with van der Waals surface area (Å²) >= 11 is 0. The van der Waals surface area contributed by atoms with Gasteiger partial charge >= 0.3 is 6.18 Å². The van der Waals surface area contributed by atoms with E-state index in [0.717, 1.165) is 44.4 Å². The molecule has 1 fully saturated rings. The van der Waals surface area contributed by atoms with Crippen molar-refractivity contribution in [1.29, 1.82) is 0 Å². The highest BCUT2D eigenvalue weighted by molar-refractivity contribution is 5.41. The standard InChI is InChI=1S/C22H33F4NO2/c1-15(2)29-21-7-6-19(22(24,25)26)12-20(21)18(14-28)11-16-4-3-5-17(10-16)13-27-9-8-23/h6-7,12,15-18,27-28H,3-5,8-11,13-14H2,1-2H3/t16-,17+,18-/m1/s1. The number of rotatable bonds is 10. The zero-order valence-corrected chi connectivity index (χ0v) is 17.3. The maximum absolute atomic E-state index is 13.2. The van der Waals surface area contributed by atoms with Crippen molar-refractivity contribution in [3.8, 4) is 5.75 Å². The highest BCUT2D eigenvalue weighted by Gasteiger charge is 2.33. The number of benzene rings is 1. The van der Waals surface area contributed by atoms with Crippen molar-refractivity contribution in [1.82, 2.24) is 5.32 Å². The van der Waals surface area contributed by atoms with Gasteiger partial charge in [0.05, 0.1) is 18.3 Å². The normalized spacial score (nSPS) is 21.4. The van der Waals surface area contributed by atoms with E-state index in [0.29, 0.717) is 36.1 Å². The van der Waals surface area contributed by atoms with E-state index in [9.17, 15) is 22.7 Å². The molecule has 29 heavy (non-hydrogen) atoms. The first-order valence-electron chi connectivity index (χ1n) is 10.5. The average Bonchev–Trinajstić information content (AvgIpc) is 2.66. The third-order valence-electron chi connectivity index (χ3n) is 5.57. The topological polar surface area (TPSA) is 41.5 Å². The van der Waals surface area contributed by atoms with E-state index in [2.05, 4.69) is 5.32 Å². The van der Waals surface area contributed by atoms with Crippen LogP contribution in [0.4, 0.5) is 17.6 Å². The number of nitrogens with one attached hydrogen (secondary N) is 1. The molecule has 1 saturated carbocycles. The largest absolute Gasteiger partial charge is 0.491 e. The van der Waals surface area contributed by atoms with E-state index in [1.165, 1.54) is 6.07 Å². The number of halogens is 4. The summed E-state index contributed by atoms with van der Waals surface area (Å²) in [4.78, 5) is 0. The smallest absolute Gasteiger partial charge is 0.416 e. The summed E-state index contributed by atoms with van der Waals surface area (Å²) in [7, 11) is 0. The SMILES string of the molecule is CC(C)Oc1ccc(C(F)(F)F)cc1[C@@H](CO)C[C@@H]1CCC[C@H](CNCCF)C1. The Morgan fingerprint density at radius 1 is 1.21 bits per heavy atom. The summed E-state index contributed by atoms with van der Waals surface area (Å²) in [5, 5.41) is 13.1. The number of ether oxygens (including phenoxy) is 1. The molecule has 1 aliphatic carbocycles. The zero-order chi connectivity index (χ0) is 21.4. The molecule has 2 N–H and O–H groups in total. The van der Waals surface area contributed by atoms with Crippen LogP contribution in [-0.2, 0) is 6.18 Å². The molecular formula is C22H33F4NO2. The summed E-state index contributed by atoms with van der Waals surface area (Å²) in [6, 6.07) is 3.52. The molecule has 0 radical (unpaired) electrons. The molecule has 7 heteroatoms. The average molecular weight is 420 g/mol. The first-order valence-corrected chi connectivity index (χ1v) is 10.5. The Bertz CT molecular complexity index is 621. The molecule has 0 saturated heterocycles. The van der Waals surface area contributed by atoms with Gasteiger partial charge in [-0.1, -0.05) is 12.8 Å². The molecule has 0 bridgehead atoms. The quantitative estimate of drug-likeness (QED) is 0.398. The van der Waals surface area contributed by atoms with E-state index in [-0.39, 0.29) is 12.7 Å². The van der Waals surface area contributed by atoms with Crippen LogP contribution in [0.3, 0.4) is 0 Å². The number of hydrogen-bond acceptors (Lipinski definition) is 3. The number of alkyl halides is 4. The summed E-state index contributed by atoms with van der Waals surface area (Å²) in [5.41, 5.74) is -0.298. The van der Waals surface area contributed by atoms with Gasteiger partial charge in [0.25, 0.3) is 0 Å². The first kappa shape index (κ1) is 23.9. The van der Waals surface area contributed by atoms with E-state index in [4.69, 9.17) is 4.74 Å². The number of hydrogen-bond donors (Lipinski definition) is 2. The molecular weight excluding hydrogens is 386 g/mol. The lowest BCUT2D eigenvalue weighted by Crippen LogP contribution is -2.29. The minimum absolute atomic E-state index is 0.175. The Labute approximate surface area is 170 Å². The van der Waals surface area contributed by atoms with Gasteiger partial charge in [0.2, 0.25) is 0 Å². The minimum Gasteiger partial charge on any atom is -0.491 e. The summed E-state index contributed by atoms with van der Waals surface area (Å²) in [5.74, 6) is 0.754. The Morgan fingerprint density at radius 2 is 1.93 bits per heavy atom. The van der Waals surface area contributed by atoms with Crippen molar-refractivity contribution in [2.24, 2.45) is 11.8 Å². The molecule has 2 rings (SSSR count). The molecule has 0 heterocycles. The van der Waals surface area contributed by atoms with E-state index >= 15 is 0 Å². The van der Waals surface area contributed by atoms with Gasteiger partial charge in [-0.25, -0.2) is 4.39 Å². The zero-order valence-electron chi connectivity index (χ0n) is 17.3. The van der Waals surface area contributed by atoms with Crippen LogP contribution in [-0.4, -0.2) is 37.6 Å². The van der Waals surface area contributed by atoms with Crippen molar-refractivity contribution in [3.05, 3.63) is 29.3 Å². The van der Waals surface area contributed by atoms with Crippen LogP contribution in [0.1, 0.15) is 63.0 Å². The fourth-order valence-corrected chi connectivity index (χ4v) is 4.28. The van der Waals surface area contributed by atoms with E-state index in [1.54, 1.807) is 0 Å². The Kier molecular flexibility index (Phi) is 9.21. The minimum atomic E-state index is -4.44. The van der Waals surface area contributed by atoms with E-state index in [1.807, 2.05) is 13.8 Å². The molecule has 0 spiro atoms. The number of aliphatic hydroxyl groups is 1. The summed E-state index contributed by atoms with van der Waals surface area (Å²) in [6.07, 6.45) is 0.0538. The van der Waals surface area contributed by atoms with Crippen molar-refractivity contribution >= 4 is 0 Å². The van der Waals surface area contributed by atoms with Crippen LogP contribution in [0.15, 0.2) is 18.2 Å². The van der Waals surface area contributed by atoms with Crippen LogP contribution in [0, 0.1) is 11.8 Å². The van der Waals surface area contributed by atoms with Gasteiger partial charge in [0.15, 0.2) is 0 Å². The third kappa shape index (κ3) is 7.45. The van der Waals surface area contributed by atoms with Gasteiger partial charge in [-0.05, 0) is 69.7 Å². The Hall–Kier alpha value is -1.34. The predicted octanol–water partition coefficient (Wildman–Crippen LogP) is 5.32. The molecule has 0 aliphatic heterocycles. The number of aliphatic hydroxyl groups excluding tert-OH is 1. The first-order chi connectivity index (χ1) is 13.7. The van der Waals surface area contributed by atoms with Crippen molar-refractivity contribution < 1.29 is 27.4 Å². The van der Waals surface area contributed by atoms with Gasteiger partial charge in [-0.15, -0.1) is 0 Å². The highest BCUT2D eigenvalue weighted by Crippen LogP contribution is 2.40. The molecule has 1 aliphatic rings. The lowest BCUT2D eigenvalue weighted by Gasteiger charge is -2.32. The molecule has 3 nitrogen and oxygen atoms in total. The van der Waals surface area contributed by atoms with Crippen molar-refractivity contribution in [2.75, 3.05) is 26.4 Å². The van der Waals surface area contributed by atoms with Crippen LogP contribution < -0.4 is 10.1 Å². The molecule has 0 unspecified atom stereocenters. The van der Waals surface area contributed by atoms with Crippen LogP contribution >= 0.6 is 0 Å². The highest BCUT2D eigenvalue weighted by atomic mass is 19.4. The fraction of sp³-hybridized carbons (Fsp3) is 0.727. The molecule has 0 aromatic heterocycles. The van der Waals surface area contributed by atoms with Gasteiger partial charge in [-0.2, -0.15) is 13.2 Å². The van der Waals surface area contributed by atoms with Crippen LogP contribution in [0.25, 0.3) is 0 Å². The van der Waals surface area contributed by atoms with Gasteiger partial charge in [0, 0.05) is 18.0 Å². The third-order valence-corrected chi connectivity index (χ3v) is 5.57. The van der Waals surface area contributed by atoms with Crippen LogP contribution in [0.5, 0.6) is 5.75 Å². The second-order valence-corrected chi connectivity index (χ2v) is 8.32. The van der Waals surface area contributed by atoms with Crippen molar-refractivity contribution in [3.63, 3.8) is 0 Å². The second-order valence-electron chi connectivity index (χ2n) is 8.32. The van der Waals surface area contributed by atoms with E-state index < -0.39 is 24.3 Å². The second kappa shape index (κ2) is 11.2. The molecule has 0 amide bonds. The van der Waals surface area contributed by atoms with Gasteiger partial charge < -0.3 is 15.2 Å². The molecule has 3 atom stereocenters. The summed E-state index contributed by atoms with van der Waals surface area (Å²) < 4.78 is 57.8. The van der Waals surface area contributed by atoms with Gasteiger partial charge in [0.1, 0.15) is 12.4 Å². The van der Waals surface area contributed by atoms with Crippen molar-refractivity contribution in [2.45, 2.75) is 64.1 Å². The summed E-state index contributed by atoms with van der Waals surface area (Å²) in [6.45, 7) is 4.14. The lowest BCUT2D eigenvalue weighted by atomic mass is 9.76. The molecule has 1 aromatic rings. The Morgan fingerprint density at radius 3 is 2.55 bits per heavy atom. The maximum Gasteiger partial charge on any atom is 0.416 e. The van der Waals surface area contributed by atoms with Crippen LogP contribution in [0.2, 0.25) is 0 Å². The molecule has 166 valence electrons. The van der Waals surface area contributed by atoms with Gasteiger partial charge in [-0.3, -0.25) is 0 Å². The monoisotopic (exact) mass is 419 g/mol. The molecule has 1 aromatic carbocycles. The predicted molar refractivity (Wildman–Crippen MR) is 106 cm³/mol. The lowest BCUT2D eigenvalue weighted by molar-refractivity contribution is -0.137.